The lowest BCUT2D eigenvalue weighted by molar-refractivity contribution is 0.0305. The van der Waals surface area contributed by atoms with Crippen molar-refractivity contribution >= 4 is 33.0 Å². The van der Waals surface area contributed by atoms with Crippen LogP contribution in [0, 0.1) is 13.8 Å². The zero-order chi connectivity index (χ0) is 23.8. The maximum absolute atomic E-state index is 13.3. The minimum Gasteiger partial charge on any atom is -0.378 e. The first-order valence-corrected chi connectivity index (χ1v) is 13.1. The Morgan fingerprint density at radius 3 is 2.61 bits per heavy atom. The highest BCUT2D eigenvalue weighted by Gasteiger charge is 2.27. The van der Waals surface area contributed by atoms with E-state index in [0.29, 0.717) is 59.0 Å². The smallest absolute Gasteiger partial charge is 0.266 e. The van der Waals surface area contributed by atoms with Crippen LogP contribution in [0.3, 0.4) is 0 Å². The SMILES string of the molecule is CCc1ccccc1NS(=O)(=O)c1cc(-c2nc(C)c(C(=O)N3CCOCC3)s2)n(C)c1C. The number of anilines is 1. The number of carbonyl (C=O) groups excluding carboxylic acids is 1. The first kappa shape index (κ1) is 23.5. The van der Waals surface area contributed by atoms with Crippen molar-refractivity contribution in [2.24, 2.45) is 7.05 Å². The van der Waals surface area contributed by atoms with Gasteiger partial charge in [-0.3, -0.25) is 9.52 Å². The highest BCUT2D eigenvalue weighted by molar-refractivity contribution is 7.92. The van der Waals surface area contributed by atoms with Gasteiger partial charge in [0, 0.05) is 25.8 Å². The Morgan fingerprint density at radius 1 is 1.21 bits per heavy atom. The lowest BCUT2D eigenvalue weighted by Crippen LogP contribution is -2.40. The van der Waals surface area contributed by atoms with Gasteiger partial charge in [-0.2, -0.15) is 0 Å². The fourth-order valence-corrected chi connectivity index (χ4v) is 6.37. The highest BCUT2D eigenvalue weighted by Crippen LogP contribution is 2.34. The van der Waals surface area contributed by atoms with Gasteiger partial charge in [-0.1, -0.05) is 25.1 Å². The summed E-state index contributed by atoms with van der Waals surface area (Å²) >= 11 is 1.29. The second-order valence-electron chi connectivity index (χ2n) is 7.99. The summed E-state index contributed by atoms with van der Waals surface area (Å²) < 4.78 is 36.4. The maximum atomic E-state index is 13.3. The number of nitrogens with zero attached hydrogens (tertiary/aromatic N) is 3. The van der Waals surface area contributed by atoms with E-state index in [-0.39, 0.29) is 10.8 Å². The molecule has 1 N–H and O–H groups in total. The second kappa shape index (κ2) is 9.28. The third-order valence-electron chi connectivity index (χ3n) is 5.93. The summed E-state index contributed by atoms with van der Waals surface area (Å²) in [5, 5.41) is 0.616. The standard InChI is InChI=1S/C23H28N4O4S2/c1-5-17-8-6-7-9-18(17)25-33(29,30)20-14-19(26(4)16(20)3)22-24-15(2)21(32-22)23(28)27-10-12-31-13-11-27/h6-9,14,25H,5,10-13H2,1-4H3. The lowest BCUT2D eigenvalue weighted by Gasteiger charge is -2.26. The van der Waals surface area contributed by atoms with E-state index >= 15 is 0 Å². The molecule has 3 heterocycles. The molecular formula is C23H28N4O4S2. The van der Waals surface area contributed by atoms with Crippen molar-refractivity contribution in [3.8, 4) is 10.7 Å². The summed E-state index contributed by atoms with van der Waals surface area (Å²) in [6, 6.07) is 9.01. The van der Waals surface area contributed by atoms with E-state index in [4.69, 9.17) is 4.74 Å². The molecule has 2 aromatic heterocycles. The Hall–Kier alpha value is -2.69. The van der Waals surface area contributed by atoms with E-state index in [0.717, 1.165) is 12.0 Å². The number of thiazole rings is 1. The Balaban J connectivity index is 1.67. The van der Waals surface area contributed by atoms with Crippen LogP contribution in [0.4, 0.5) is 5.69 Å². The molecular weight excluding hydrogens is 460 g/mol. The van der Waals surface area contributed by atoms with Gasteiger partial charge in [-0.25, -0.2) is 13.4 Å². The van der Waals surface area contributed by atoms with E-state index in [1.54, 1.807) is 24.0 Å². The Kier molecular flexibility index (Phi) is 6.60. The van der Waals surface area contributed by atoms with Crippen molar-refractivity contribution < 1.29 is 17.9 Å². The summed E-state index contributed by atoms with van der Waals surface area (Å²) in [6.07, 6.45) is 0.718. The third kappa shape index (κ3) is 4.55. The topological polar surface area (TPSA) is 93.5 Å². The molecule has 0 radical (unpaired) electrons. The molecule has 0 saturated carbocycles. The molecule has 1 aromatic carbocycles. The van der Waals surface area contributed by atoms with Crippen LogP contribution < -0.4 is 4.72 Å². The highest BCUT2D eigenvalue weighted by atomic mass is 32.2. The van der Waals surface area contributed by atoms with Crippen LogP contribution in [0.25, 0.3) is 10.7 Å². The molecule has 0 atom stereocenters. The van der Waals surface area contributed by atoms with Crippen LogP contribution in [0.2, 0.25) is 0 Å². The molecule has 8 nitrogen and oxygen atoms in total. The molecule has 0 unspecified atom stereocenters. The number of aryl methyl sites for hydroxylation is 2. The number of ether oxygens (including phenoxy) is 1. The van der Waals surface area contributed by atoms with Crippen LogP contribution in [0.5, 0.6) is 0 Å². The van der Waals surface area contributed by atoms with Gasteiger partial charge in [-0.05, 0) is 38.0 Å². The molecule has 1 aliphatic rings. The van der Waals surface area contributed by atoms with Gasteiger partial charge >= 0.3 is 0 Å². The number of rotatable bonds is 6. The number of nitrogens with one attached hydrogen (secondary N) is 1. The van der Waals surface area contributed by atoms with Crippen molar-refractivity contribution in [1.29, 1.82) is 0 Å². The number of amides is 1. The van der Waals surface area contributed by atoms with Gasteiger partial charge in [0.1, 0.15) is 14.8 Å². The van der Waals surface area contributed by atoms with Crippen LogP contribution in [-0.4, -0.2) is 55.1 Å². The largest absolute Gasteiger partial charge is 0.378 e. The number of hydrogen-bond acceptors (Lipinski definition) is 6. The van der Waals surface area contributed by atoms with Gasteiger partial charge in [0.2, 0.25) is 0 Å². The lowest BCUT2D eigenvalue weighted by atomic mass is 10.1. The van der Waals surface area contributed by atoms with Crippen molar-refractivity contribution in [2.75, 3.05) is 31.0 Å². The van der Waals surface area contributed by atoms with Crippen molar-refractivity contribution in [3.05, 3.63) is 52.2 Å². The van der Waals surface area contributed by atoms with Crippen LogP contribution in [-0.2, 0) is 28.2 Å². The minimum atomic E-state index is -3.81. The molecule has 1 aliphatic heterocycles. The average molecular weight is 489 g/mol. The molecule has 0 bridgehead atoms. The number of benzene rings is 1. The first-order valence-electron chi connectivity index (χ1n) is 10.8. The molecule has 176 valence electrons. The number of para-hydroxylation sites is 1. The van der Waals surface area contributed by atoms with E-state index in [1.807, 2.05) is 43.7 Å². The van der Waals surface area contributed by atoms with Crippen molar-refractivity contribution in [1.82, 2.24) is 14.5 Å². The number of morpholine rings is 1. The molecule has 0 aliphatic carbocycles. The van der Waals surface area contributed by atoms with Gasteiger partial charge in [-0.15, -0.1) is 11.3 Å². The second-order valence-corrected chi connectivity index (χ2v) is 10.6. The van der Waals surface area contributed by atoms with Gasteiger partial charge < -0.3 is 14.2 Å². The van der Waals surface area contributed by atoms with E-state index < -0.39 is 10.0 Å². The summed E-state index contributed by atoms with van der Waals surface area (Å²) in [6.45, 7) is 7.74. The van der Waals surface area contributed by atoms with E-state index in [9.17, 15) is 13.2 Å². The van der Waals surface area contributed by atoms with Gasteiger partial charge in [0.15, 0.2) is 0 Å². The maximum Gasteiger partial charge on any atom is 0.266 e. The zero-order valence-corrected chi connectivity index (χ0v) is 20.8. The van der Waals surface area contributed by atoms with Crippen LogP contribution >= 0.6 is 11.3 Å². The Labute approximate surface area is 198 Å². The number of sulfonamides is 1. The normalized spacial score (nSPS) is 14.5. The predicted molar refractivity (Wildman–Crippen MR) is 129 cm³/mol. The summed E-state index contributed by atoms with van der Waals surface area (Å²) in [5.74, 6) is -0.0591. The number of hydrogen-bond donors (Lipinski definition) is 1. The number of aromatic nitrogens is 2. The molecule has 1 amide bonds. The van der Waals surface area contributed by atoms with Gasteiger partial charge in [0.25, 0.3) is 15.9 Å². The first-order chi connectivity index (χ1) is 15.7. The fourth-order valence-electron chi connectivity index (χ4n) is 3.89. The number of carbonyl (C=O) groups is 1. The molecule has 0 spiro atoms. The fraction of sp³-hybridized carbons (Fsp3) is 0.391. The minimum absolute atomic E-state index is 0.0591. The Bertz CT molecular complexity index is 1290. The van der Waals surface area contributed by atoms with E-state index in [1.165, 1.54) is 11.3 Å². The molecule has 4 rings (SSSR count). The van der Waals surface area contributed by atoms with Crippen LogP contribution in [0.1, 0.15) is 33.5 Å². The van der Waals surface area contributed by atoms with Crippen molar-refractivity contribution in [3.63, 3.8) is 0 Å². The van der Waals surface area contributed by atoms with Crippen molar-refractivity contribution in [2.45, 2.75) is 32.1 Å². The summed E-state index contributed by atoms with van der Waals surface area (Å²) in [5.41, 5.74) is 3.40. The van der Waals surface area contributed by atoms with Gasteiger partial charge in [0.05, 0.1) is 30.3 Å². The predicted octanol–water partition coefficient (Wildman–Crippen LogP) is 3.60. The monoisotopic (exact) mass is 488 g/mol. The quantitative estimate of drug-likeness (QED) is 0.572. The summed E-state index contributed by atoms with van der Waals surface area (Å²) in [4.78, 5) is 20.1. The molecule has 1 saturated heterocycles. The molecule has 1 fully saturated rings. The average Bonchev–Trinajstić information content (AvgIpc) is 3.34. The molecule has 10 heteroatoms. The summed E-state index contributed by atoms with van der Waals surface area (Å²) in [7, 11) is -2.00. The van der Waals surface area contributed by atoms with E-state index in [2.05, 4.69) is 9.71 Å². The third-order valence-corrected chi connectivity index (χ3v) is 8.58. The zero-order valence-electron chi connectivity index (χ0n) is 19.2. The van der Waals surface area contributed by atoms with Crippen LogP contribution in [0.15, 0.2) is 35.2 Å². The Morgan fingerprint density at radius 2 is 1.91 bits per heavy atom. The molecule has 3 aromatic rings. The molecule has 33 heavy (non-hydrogen) atoms.